The first-order chi connectivity index (χ1) is 14.3. The number of carbonyl (C=O) groups excluding carboxylic acids is 1. The molecule has 0 radical (unpaired) electrons. The summed E-state index contributed by atoms with van der Waals surface area (Å²) in [7, 11) is -2.02. The Morgan fingerprint density at radius 2 is 1.87 bits per heavy atom. The molecule has 1 fully saturated rings. The van der Waals surface area contributed by atoms with Gasteiger partial charge in [-0.25, -0.2) is 8.42 Å². The predicted octanol–water partition coefficient (Wildman–Crippen LogP) is 2.18. The summed E-state index contributed by atoms with van der Waals surface area (Å²) in [5.41, 5.74) is 2.15. The van der Waals surface area contributed by atoms with Crippen LogP contribution in [0.3, 0.4) is 0 Å². The highest BCUT2D eigenvalue weighted by Crippen LogP contribution is 2.24. The summed E-state index contributed by atoms with van der Waals surface area (Å²) in [6.07, 6.45) is 0. The number of aryl methyl sites for hydroxylation is 2. The number of benzene rings is 2. The molecule has 158 valence electrons. The van der Waals surface area contributed by atoms with Crippen LogP contribution in [0.15, 0.2) is 46.1 Å². The summed E-state index contributed by atoms with van der Waals surface area (Å²) < 4.78 is 35.0. The molecule has 0 bridgehead atoms. The molecule has 3 aromatic rings. The minimum atomic E-state index is -3.71. The van der Waals surface area contributed by atoms with Crippen molar-refractivity contribution in [2.75, 3.05) is 31.6 Å². The Hall–Kier alpha value is -2.53. The third-order valence-corrected chi connectivity index (χ3v) is 8.12. The highest BCUT2D eigenvalue weighted by Gasteiger charge is 2.28. The second kappa shape index (κ2) is 7.95. The number of carbonyl (C=O) groups is 1. The van der Waals surface area contributed by atoms with E-state index >= 15 is 0 Å². The lowest BCUT2D eigenvalue weighted by Crippen LogP contribution is -2.40. The van der Waals surface area contributed by atoms with Gasteiger partial charge in [-0.2, -0.15) is 4.31 Å². The van der Waals surface area contributed by atoms with E-state index in [-0.39, 0.29) is 28.4 Å². The van der Waals surface area contributed by atoms with Crippen LogP contribution in [0.2, 0.25) is 0 Å². The van der Waals surface area contributed by atoms with Gasteiger partial charge in [0.1, 0.15) is 0 Å². The van der Waals surface area contributed by atoms with Crippen molar-refractivity contribution in [3.05, 3.63) is 57.2 Å². The molecule has 8 nitrogen and oxygen atoms in total. The first kappa shape index (κ1) is 20.7. The summed E-state index contributed by atoms with van der Waals surface area (Å²) in [6.45, 7) is 3.00. The minimum Gasteiger partial charge on any atom is -0.379 e. The van der Waals surface area contributed by atoms with Gasteiger partial charge in [0.15, 0.2) is 0 Å². The van der Waals surface area contributed by atoms with E-state index in [9.17, 15) is 18.0 Å². The minimum absolute atomic E-state index is 0.0787. The number of anilines is 1. The van der Waals surface area contributed by atoms with Crippen molar-refractivity contribution in [1.82, 2.24) is 8.87 Å². The Balaban J connectivity index is 1.62. The van der Waals surface area contributed by atoms with Crippen molar-refractivity contribution in [1.29, 1.82) is 0 Å². The molecule has 1 N–H and O–H groups in total. The zero-order valence-corrected chi connectivity index (χ0v) is 18.2. The number of ether oxygens (including phenoxy) is 1. The first-order valence-corrected chi connectivity index (χ1v) is 11.6. The zero-order chi connectivity index (χ0) is 21.5. The fourth-order valence-corrected chi connectivity index (χ4v) is 5.94. The van der Waals surface area contributed by atoms with Crippen LogP contribution in [-0.2, 0) is 21.8 Å². The fourth-order valence-electron chi connectivity index (χ4n) is 3.36. The molecule has 1 aliphatic rings. The van der Waals surface area contributed by atoms with Gasteiger partial charge in [0.2, 0.25) is 10.0 Å². The molecular formula is C20H21N3O5S2. The predicted molar refractivity (Wildman–Crippen MR) is 116 cm³/mol. The van der Waals surface area contributed by atoms with Crippen LogP contribution in [0.5, 0.6) is 0 Å². The Labute approximate surface area is 177 Å². The third kappa shape index (κ3) is 3.79. The lowest BCUT2D eigenvalue weighted by molar-refractivity contribution is 0.0730. The maximum atomic E-state index is 13.0. The molecule has 1 amide bonds. The van der Waals surface area contributed by atoms with Crippen molar-refractivity contribution in [3.8, 4) is 0 Å². The molecule has 2 heterocycles. The topological polar surface area (TPSA) is 97.7 Å². The third-order valence-electron chi connectivity index (χ3n) is 5.09. The molecule has 0 aliphatic carbocycles. The zero-order valence-electron chi connectivity index (χ0n) is 16.5. The van der Waals surface area contributed by atoms with E-state index in [1.165, 1.54) is 10.4 Å². The van der Waals surface area contributed by atoms with Crippen LogP contribution in [0, 0.1) is 6.92 Å². The van der Waals surface area contributed by atoms with E-state index in [4.69, 9.17) is 4.74 Å². The number of morpholine rings is 1. The van der Waals surface area contributed by atoms with Gasteiger partial charge in [-0.3, -0.25) is 9.59 Å². The summed E-state index contributed by atoms with van der Waals surface area (Å²) >= 11 is 1.10. The van der Waals surface area contributed by atoms with Gasteiger partial charge in [0.25, 0.3) is 5.91 Å². The number of sulfonamides is 1. The molecule has 0 spiro atoms. The van der Waals surface area contributed by atoms with Crippen LogP contribution in [0.25, 0.3) is 10.2 Å². The van der Waals surface area contributed by atoms with Crippen molar-refractivity contribution in [2.45, 2.75) is 11.8 Å². The SMILES string of the molecule is Cc1ccc(C(=O)Nc2ccc3c(c2)sc(=O)n3C)cc1S(=O)(=O)N1CCOCC1. The number of aromatic nitrogens is 1. The van der Waals surface area contributed by atoms with Crippen LogP contribution < -0.4 is 10.2 Å². The quantitative estimate of drug-likeness (QED) is 0.661. The van der Waals surface area contributed by atoms with Crippen molar-refractivity contribution in [2.24, 2.45) is 7.05 Å². The molecule has 10 heteroatoms. The van der Waals surface area contributed by atoms with Crippen LogP contribution in [0.1, 0.15) is 15.9 Å². The fraction of sp³-hybridized carbons (Fsp3) is 0.300. The molecule has 2 aromatic carbocycles. The molecule has 1 aliphatic heterocycles. The number of amides is 1. The Kier molecular flexibility index (Phi) is 5.49. The van der Waals surface area contributed by atoms with E-state index in [1.54, 1.807) is 48.9 Å². The number of fused-ring (bicyclic) bond motifs is 1. The number of nitrogens with one attached hydrogen (secondary N) is 1. The van der Waals surface area contributed by atoms with Gasteiger partial charge in [0.05, 0.1) is 28.3 Å². The van der Waals surface area contributed by atoms with Crippen molar-refractivity contribution < 1.29 is 17.9 Å². The van der Waals surface area contributed by atoms with Gasteiger partial charge in [-0.15, -0.1) is 0 Å². The van der Waals surface area contributed by atoms with Crippen LogP contribution in [-0.4, -0.2) is 49.5 Å². The summed E-state index contributed by atoms with van der Waals surface area (Å²) in [5.74, 6) is -0.420. The Morgan fingerprint density at radius 1 is 1.13 bits per heavy atom. The van der Waals surface area contributed by atoms with Crippen molar-refractivity contribution >= 4 is 43.2 Å². The van der Waals surface area contributed by atoms with E-state index in [2.05, 4.69) is 5.32 Å². The molecule has 1 saturated heterocycles. The Bertz CT molecular complexity index is 1290. The first-order valence-electron chi connectivity index (χ1n) is 9.37. The second-order valence-electron chi connectivity index (χ2n) is 7.06. The maximum absolute atomic E-state index is 13.0. The number of hydrogen-bond donors (Lipinski definition) is 1. The van der Waals surface area contributed by atoms with Gasteiger partial charge >= 0.3 is 4.87 Å². The molecular weight excluding hydrogens is 426 g/mol. The lowest BCUT2D eigenvalue weighted by atomic mass is 10.1. The largest absolute Gasteiger partial charge is 0.379 e. The average Bonchev–Trinajstić information content (AvgIpc) is 3.02. The van der Waals surface area contributed by atoms with E-state index in [0.717, 1.165) is 21.6 Å². The Morgan fingerprint density at radius 3 is 2.60 bits per heavy atom. The second-order valence-corrected chi connectivity index (χ2v) is 9.96. The van der Waals surface area contributed by atoms with E-state index < -0.39 is 15.9 Å². The van der Waals surface area contributed by atoms with E-state index in [0.29, 0.717) is 24.5 Å². The number of rotatable bonds is 4. The molecule has 4 rings (SSSR count). The van der Waals surface area contributed by atoms with Crippen LogP contribution >= 0.6 is 11.3 Å². The number of nitrogens with zero attached hydrogens (tertiary/aromatic N) is 2. The van der Waals surface area contributed by atoms with Crippen LogP contribution in [0.4, 0.5) is 5.69 Å². The smallest absolute Gasteiger partial charge is 0.307 e. The van der Waals surface area contributed by atoms with Crippen molar-refractivity contribution in [3.63, 3.8) is 0 Å². The van der Waals surface area contributed by atoms with Gasteiger partial charge in [0, 0.05) is 31.4 Å². The normalized spacial score (nSPS) is 15.4. The standard InChI is InChI=1S/C20H21N3O5S2/c1-13-3-4-14(11-18(13)30(26,27)23-7-9-28-10-8-23)19(24)21-15-5-6-16-17(12-15)29-20(25)22(16)2/h3-6,11-12H,7-10H2,1-2H3,(H,21,24). The van der Waals surface area contributed by atoms with E-state index in [1.807, 2.05) is 0 Å². The van der Waals surface area contributed by atoms with Gasteiger partial charge in [-0.1, -0.05) is 17.4 Å². The molecule has 1 aromatic heterocycles. The maximum Gasteiger partial charge on any atom is 0.307 e. The monoisotopic (exact) mass is 447 g/mol. The molecule has 0 atom stereocenters. The summed E-state index contributed by atoms with van der Waals surface area (Å²) in [5, 5.41) is 2.78. The highest BCUT2D eigenvalue weighted by molar-refractivity contribution is 7.89. The summed E-state index contributed by atoms with van der Waals surface area (Å²) in [4.78, 5) is 24.6. The number of hydrogen-bond acceptors (Lipinski definition) is 6. The van der Waals surface area contributed by atoms with Gasteiger partial charge < -0.3 is 14.6 Å². The highest BCUT2D eigenvalue weighted by atomic mass is 32.2. The average molecular weight is 448 g/mol. The molecule has 30 heavy (non-hydrogen) atoms. The molecule has 0 unspecified atom stereocenters. The molecule has 0 saturated carbocycles. The summed E-state index contributed by atoms with van der Waals surface area (Å²) in [6, 6.07) is 9.86. The number of thiazole rings is 1. The van der Waals surface area contributed by atoms with Gasteiger partial charge in [-0.05, 0) is 42.8 Å². The lowest BCUT2D eigenvalue weighted by Gasteiger charge is -2.26.